The van der Waals surface area contributed by atoms with E-state index in [1.54, 1.807) is 12.1 Å². The SMILES string of the molecule is C=C[C@@H](c1ccc(OC(F)(F)F)c(Cl)c1)N1CCNCC1.Cl. The molecule has 1 aliphatic rings. The molecule has 1 saturated heterocycles. The molecule has 124 valence electrons. The van der Waals surface area contributed by atoms with E-state index < -0.39 is 12.1 Å². The smallest absolute Gasteiger partial charge is 0.404 e. The topological polar surface area (TPSA) is 24.5 Å². The molecule has 0 saturated carbocycles. The molecule has 1 atom stereocenters. The van der Waals surface area contributed by atoms with Crippen molar-refractivity contribution in [3.63, 3.8) is 0 Å². The van der Waals surface area contributed by atoms with Crippen molar-refractivity contribution in [3.8, 4) is 5.75 Å². The number of hydrogen-bond acceptors (Lipinski definition) is 3. The summed E-state index contributed by atoms with van der Waals surface area (Å²) < 4.78 is 40.5. The van der Waals surface area contributed by atoms with Crippen LogP contribution >= 0.6 is 24.0 Å². The summed E-state index contributed by atoms with van der Waals surface area (Å²) in [5.74, 6) is -0.393. The first kappa shape index (κ1) is 19.1. The third kappa shape index (κ3) is 5.05. The second-order valence-electron chi connectivity index (χ2n) is 4.70. The zero-order valence-corrected chi connectivity index (χ0v) is 13.3. The van der Waals surface area contributed by atoms with Crippen molar-refractivity contribution in [2.45, 2.75) is 12.4 Å². The van der Waals surface area contributed by atoms with Crippen LogP contribution in [0, 0.1) is 0 Å². The molecule has 0 aromatic heterocycles. The van der Waals surface area contributed by atoms with Gasteiger partial charge in [0.1, 0.15) is 5.75 Å². The molecule has 0 radical (unpaired) electrons. The Hall–Kier alpha value is -0.950. The molecule has 0 unspecified atom stereocenters. The monoisotopic (exact) mass is 356 g/mol. The van der Waals surface area contributed by atoms with Crippen molar-refractivity contribution in [3.05, 3.63) is 41.4 Å². The first-order valence-corrected chi connectivity index (χ1v) is 6.91. The maximum atomic E-state index is 12.2. The van der Waals surface area contributed by atoms with Gasteiger partial charge in [-0.2, -0.15) is 0 Å². The molecule has 1 fully saturated rings. The van der Waals surface area contributed by atoms with E-state index in [1.807, 2.05) is 0 Å². The number of halogens is 5. The van der Waals surface area contributed by atoms with Crippen molar-refractivity contribution in [1.82, 2.24) is 10.2 Å². The molecule has 1 aromatic rings. The summed E-state index contributed by atoms with van der Waals surface area (Å²) in [6.07, 6.45) is -2.98. The standard InChI is InChI=1S/C14H16ClF3N2O.ClH/c1-2-12(20-7-5-19-6-8-20)10-3-4-13(11(15)9-10)21-14(16,17)18;/h2-4,9,12,19H,1,5-8H2;1H/t12-;/m0./s1. The van der Waals surface area contributed by atoms with Crippen LogP contribution < -0.4 is 10.1 Å². The summed E-state index contributed by atoms with van der Waals surface area (Å²) in [6, 6.07) is 4.24. The van der Waals surface area contributed by atoms with Crippen LogP contribution in [0.2, 0.25) is 5.02 Å². The fourth-order valence-electron chi connectivity index (χ4n) is 2.36. The number of rotatable bonds is 4. The van der Waals surface area contributed by atoms with Crippen LogP contribution in [0.3, 0.4) is 0 Å². The van der Waals surface area contributed by atoms with Crippen LogP contribution in [0.25, 0.3) is 0 Å². The molecule has 1 aliphatic heterocycles. The van der Waals surface area contributed by atoms with E-state index in [2.05, 4.69) is 21.5 Å². The van der Waals surface area contributed by atoms with Crippen molar-refractivity contribution < 1.29 is 17.9 Å². The molecule has 22 heavy (non-hydrogen) atoms. The zero-order chi connectivity index (χ0) is 15.5. The van der Waals surface area contributed by atoms with Crippen molar-refractivity contribution in [2.75, 3.05) is 26.2 Å². The van der Waals surface area contributed by atoms with Gasteiger partial charge in [0.2, 0.25) is 0 Å². The molecule has 3 nitrogen and oxygen atoms in total. The van der Waals surface area contributed by atoms with E-state index in [1.165, 1.54) is 12.1 Å². The fourth-order valence-corrected chi connectivity index (χ4v) is 2.59. The lowest BCUT2D eigenvalue weighted by Crippen LogP contribution is -2.44. The average molecular weight is 357 g/mol. The largest absolute Gasteiger partial charge is 0.573 e. The highest BCUT2D eigenvalue weighted by Crippen LogP contribution is 2.33. The minimum absolute atomic E-state index is 0. The third-order valence-electron chi connectivity index (χ3n) is 3.29. The van der Waals surface area contributed by atoms with Crippen LogP contribution in [0.1, 0.15) is 11.6 Å². The van der Waals surface area contributed by atoms with Gasteiger partial charge in [0.05, 0.1) is 11.1 Å². The minimum Gasteiger partial charge on any atom is -0.404 e. The van der Waals surface area contributed by atoms with E-state index in [0.717, 1.165) is 31.7 Å². The van der Waals surface area contributed by atoms with E-state index in [4.69, 9.17) is 11.6 Å². The van der Waals surface area contributed by atoms with E-state index in [0.29, 0.717) is 0 Å². The van der Waals surface area contributed by atoms with Gasteiger partial charge < -0.3 is 10.1 Å². The Morgan fingerprint density at radius 1 is 1.32 bits per heavy atom. The zero-order valence-electron chi connectivity index (χ0n) is 11.7. The van der Waals surface area contributed by atoms with Crippen molar-refractivity contribution in [1.29, 1.82) is 0 Å². The molecule has 8 heteroatoms. The number of nitrogens with zero attached hydrogens (tertiary/aromatic N) is 1. The first-order chi connectivity index (χ1) is 9.90. The average Bonchev–Trinajstić information content (AvgIpc) is 2.42. The highest BCUT2D eigenvalue weighted by Gasteiger charge is 2.32. The fraction of sp³-hybridized carbons (Fsp3) is 0.429. The van der Waals surface area contributed by atoms with Crippen molar-refractivity contribution >= 4 is 24.0 Å². The van der Waals surface area contributed by atoms with Crippen LogP contribution in [-0.4, -0.2) is 37.4 Å². The maximum Gasteiger partial charge on any atom is 0.573 e. The Morgan fingerprint density at radius 2 is 1.95 bits per heavy atom. The Morgan fingerprint density at radius 3 is 2.45 bits per heavy atom. The highest BCUT2D eigenvalue weighted by molar-refractivity contribution is 6.32. The minimum atomic E-state index is -4.75. The molecule has 1 aromatic carbocycles. The van der Waals surface area contributed by atoms with Crippen LogP contribution in [0.4, 0.5) is 13.2 Å². The van der Waals surface area contributed by atoms with E-state index in [9.17, 15) is 13.2 Å². The molecular formula is C14H17Cl2F3N2O. The Kier molecular flexibility index (Phi) is 6.99. The van der Waals surface area contributed by atoms with Crippen LogP contribution in [0.5, 0.6) is 5.75 Å². The summed E-state index contributed by atoms with van der Waals surface area (Å²) >= 11 is 5.89. The van der Waals surface area contributed by atoms with Gasteiger partial charge >= 0.3 is 6.36 Å². The molecule has 0 bridgehead atoms. The second-order valence-corrected chi connectivity index (χ2v) is 5.11. The maximum absolute atomic E-state index is 12.2. The summed E-state index contributed by atoms with van der Waals surface area (Å²) in [7, 11) is 0. The normalized spacial score (nSPS) is 17.5. The Balaban J connectivity index is 0.00000242. The van der Waals surface area contributed by atoms with Crippen molar-refractivity contribution in [2.24, 2.45) is 0 Å². The van der Waals surface area contributed by atoms with Gasteiger partial charge in [0, 0.05) is 26.2 Å². The molecule has 0 aliphatic carbocycles. The van der Waals surface area contributed by atoms with Gasteiger partial charge in [-0.05, 0) is 17.7 Å². The Bertz CT molecular complexity index is 505. The Labute approximate surface area is 138 Å². The molecule has 0 spiro atoms. The van der Waals surface area contributed by atoms with Gasteiger partial charge in [-0.25, -0.2) is 0 Å². The third-order valence-corrected chi connectivity index (χ3v) is 3.59. The van der Waals surface area contributed by atoms with Crippen LogP contribution in [0.15, 0.2) is 30.9 Å². The lowest BCUT2D eigenvalue weighted by Gasteiger charge is -2.33. The highest BCUT2D eigenvalue weighted by atomic mass is 35.5. The predicted octanol–water partition coefficient (Wildman–Crippen LogP) is 3.79. The number of piperazine rings is 1. The summed E-state index contributed by atoms with van der Waals surface area (Å²) in [5.41, 5.74) is 0.798. The number of ether oxygens (including phenoxy) is 1. The van der Waals surface area contributed by atoms with Gasteiger partial charge in [0.25, 0.3) is 0 Å². The molecule has 1 heterocycles. The van der Waals surface area contributed by atoms with E-state index >= 15 is 0 Å². The molecule has 2 rings (SSSR count). The second kappa shape index (κ2) is 8.06. The molecule has 1 N–H and O–H groups in total. The molecule has 0 amide bonds. The quantitative estimate of drug-likeness (QED) is 0.830. The van der Waals surface area contributed by atoms with Gasteiger partial charge in [-0.3, -0.25) is 4.90 Å². The predicted molar refractivity (Wildman–Crippen MR) is 82.8 cm³/mol. The number of benzene rings is 1. The lowest BCUT2D eigenvalue weighted by molar-refractivity contribution is -0.274. The number of nitrogens with one attached hydrogen (secondary N) is 1. The summed E-state index contributed by atoms with van der Waals surface area (Å²) in [4.78, 5) is 2.19. The van der Waals surface area contributed by atoms with Gasteiger partial charge in [-0.1, -0.05) is 23.7 Å². The van der Waals surface area contributed by atoms with Crippen LogP contribution in [-0.2, 0) is 0 Å². The van der Waals surface area contributed by atoms with Gasteiger partial charge in [-0.15, -0.1) is 32.2 Å². The number of alkyl halides is 3. The lowest BCUT2D eigenvalue weighted by atomic mass is 10.0. The van der Waals surface area contributed by atoms with Gasteiger partial charge in [0.15, 0.2) is 0 Å². The summed E-state index contributed by atoms with van der Waals surface area (Å²) in [5, 5.41) is 3.18. The number of hydrogen-bond donors (Lipinski definition) is 1. The first-order valence-electron chi connectivity index (χ1n) is 6.53. The molecular weight excluding hydrogens is 340 g/mol. The summed E-state index contributed by atoms with van der Waals surface area (Å²) in [6.45, 7) is 7.23. The van der Waals surface area contributed by atoms with E-state index in [-0.39, 0.29) is 23.5 Å².